The van der Waals surface area contributed by atoms with E-state index in [1.165, 1.54) is 11.1 Å². The minimum atomic E-state index is -0.904. The molecule has 0 saturated heterocycles. The summed E-state index contributed by atoms with van der Waals surface area (Å²) < 4.78 is 17.1. The largest absolute Gasteiger partial charge is 0.327 e. The molecule has 0 saturated carbocycles. The fraction of sp³-hybridized carbons (Fsp3) is 1.00. The smallest absolute Gasteiger partial charge is 0.294 e. The Labute approximate surface area is 136 Å². The number of hydrogen-bond donors (Lipinski definition) is 0. The standard InChI is InChI=1S/C11H23O3S4Si/c1-5-9-11(12-7-3,13-8-4)14-16-18-17-15-10(19)6-2/h10H,5-9H2,1-4H3. The molecule has 0 N–H and O–H groups in total. The third-order valence-electron chi connectivity index (χ3n) is 2.03. The van der Waals surface area contributed by atoms with Crippen molar-refractivity contribution in [1.29, 1.82) is 0 Å². The molecule has 0 aliphatic heterocycles. The van der Waals surface area contributed by atoms with Gasteiger partial charge in [0.25, 0.3) is 5.97 Å². The topological polar surface area (TPSA) is 27.7 Å². The van der Waals surface area contributed by atoms with E-state index in [2.05, 4.69) is 24.1 Å². The number of hydrogen-bond acceptors (Lipinski definition) is 7. The van der Waals surface area contributed by atoms with Gasteiger partial charge in [0.2, 0.25) is 0 Å². The predicted molar refractivity (Wildman–Crippen MR) is 92.2 cm³/mol. The maximum absolute atomic E-state index is 5.75. The normalized spacial score (nSPS) is 13.7. The molecule has 3 radical (unpaired) electrons. The van der Waals surface area contributed by atoms with E-state index >= 15 is 0 Å². The van der Waals surface area contributed by atoms with Crippen molar-refractivity contribution >= 4 is 51.8 Å². The van der Waals surface area contributed by atoms with Gasteiger partial charge in [-0.1, -0.05) is 24.6 Å². The summed E-state index contributed by atoms with van der Waals surface area (Å²) in [4.78, 5) is 0.470. The average Bonchev–Trinajstić information content (AvgIpc) is 2.39. The van der Waals surface area contributed by atoms with Crippen LogP contribution >= 0.6 is 41.5 Å². The molecule has 3 nitrogen and oxygen atoms in total. The average molecular weight is 360 g/mol. The molecule has 0 aromatic carbocycles. The highest BCUT2D eigenvalue weighted by Gasteiger charge is 2.33. The third-order valence-corrected chi connectivity index (χ3v) is 9.06. The molecule has 0 heterocycles. The Kier molecular flexibility index (Phi) is 14.2. The first-order valence-corrected chi connectivity index (χ1v) is 11.9. The van der Waals surface area contributed by atoms with Gasteiger partial charge < -0.3 is 9.47 Å². The Morgan fingerprint density at radius 3 is 2.16 bits per heavy atom. The Morgan fingerprint density at radius 2 is 1.68 bits per heavy atom. The van der Waals surface area contributed by atoms with Crippen LogP contribution in [0.15, 0.2) is 0 Å². The summed E-state index contributed by atoms with van der Waals surface area (Å²) in [6.07, 6.45) is 2.78. The van der Waals surface area contributed by atoms with E-state index in [1.54, 1.807) is 30.4 Å². The first-order chi connectivity index (χ1) is 9.14. The molecule has 1 atom stereocenters. The Hall–Kier alpha value is 1.50. The van der Waals surface area contributed by atoms with Crippen molar-refractivity contribution in [1.82, 2.24) is 0 Å². The molecule has 0 aliphatic carbocycles. The van der Waals surface area contributed by atoms with E-state index < -0.39 is 5.97 Å². The van der Waals surface area contributed by atoms with Gasteiger partial charge in [-0.25, -0.2) is 4.18 Å². The molecule has 1 unspecified atom stereocenters. The zero-order valence-corrected chi connectivity index (χ0v) is 16.2. The second kappa shape index (κ2) is 13.2. The molecule has 0 amide bonds. The molecule has 0 aliphatic rings. The molecule has 113 valence electrons. The van der Waals surface area contributed by atoms with Crippen molar-refractivity contribution in [2.24, 2.45) is 0 Å². The van der Waals surface area contributed by atoms with Crippen LogP contribution in [0.2, 0.25) is 0 Å². The molecular formula is C11H23O3S4Si. The van der Waals surface area contributed by atoms with Crippen molar-refractivity contribution in [3.05, 3.63) is 0 Å². The highest BCUT2D eigenvalue weighted by Crippen LogP contribution is 2.47. The first kappa shape index (κ1) is 20.5. The van der Waals surface area contributed by atoms with Crippen molar-refractivity contribution < 1.29 is 13.7 Å². The Balaban J connectivity index is 4.03. The maximum atomic E-state index is 5.75. The van der Waals surface area contributed by atoms with Crippen LogP contribution in [0.1, 0.15) is 47.0 Å². The lowest BCUT2D eigenvalue weighted by Crippen LogP contribution is -2.37. The predicted octanol–water partition coefficient (Wildman–Crippen LogP) is 5.03. The van der Waals surface area contributed by atoms with Gasteiger partial charge >= 0.3 is 0 Å². The summed E-state index contributed by atoms with van der Waals surface area (Å²) in [5.41, 5.74) is 0. The zero-order chi connectivity index (χ0) is 14.6. The Morgan fingerprint density at radius 1 is 1.05 bits per heavy atom. The molecule has 0 aromatic rings. The van der Waals surface area contributed by atoms with Gasteiger partial charge in [0.1, 0.15) is 0 Å². The van der Waals surface area contributed by atoms with E-state index in [0.717, 1.165) is 19.3 Å². The van der Waals surface area contributed by atoms with Gasteiger partial charge in [-0.15, -0.1) is 0 Å². The highest BCUT2D eigenvalue weighted by molar-refractivity contribution is 9.25. The van der Waals surface area contributed by atoms with Crippen LogP contribution in [0, 0.1) is 0 Å². The second-order valence-corrected chi connectivity index (χ2v) is 10.3. The zero-order valence-electron chi connectivity index (χ0n) is 12.0. The van der Waals surface area contributed by atoms with Gasteiger partial charge in [0.15, 0.2) is 0 Å². The van der Waals surface area contributed by atoms with Crippen LogP contribution in [-0.2, 0) is 13.7 Å². The van der Waals surface area contributed by atoms with E-state index in [-0.39, 0.29) is 0 Å². The SMILES string of the molecule is CCCC(OCC)(OCC)OSSSSC([Si])CC. The second-order valence-electron chi connectivity index (χ2n) is 3.58. The summed E-state index contributed by atoms with van der Waals surface area (Å²) in [6.45, 7) is 9.29. The third kappa shape index (κ3) is 9.95. The first-order valence-electron chi connectivity index (χ1n) is 6.47. The highest BCUT2D eigenvalue weighted by atomic mass is 33.7. The maximum Gasteiger partial charge on any atom is 0.294 e. The van der Waals surface area contributed by atoms with Crippen LogP contribution < -0.4 is 0 Å². The summed E-state index contributed by atoms with van der Waals surface area (Å²) in [5.74, 6) is -0.904. The lowest BCUT2D eigenvalue weighted by molar-refractivity contribution is -0.337. The molecule has 0 aromatic heterocycles. The van der Waals surface area contributed by atoms with Crippen molar-refractivity contribution in [2.45, 2.75) is 57.8 Å². The molecule has 8 heteroatoms. The molecule has 0 rings (SSSR count). The fourth-order valence-electron chi connectivity index (χ4n) is 1.23. The van der Waals surface area contributed by atoms with Gasteiger partial charge in [0.05, 0.1) is 11.1 Å². The lowest BCUT2D eigenvalue weighted by atomic mass is 10.3. The van der Waals surface area contributed by atoms with Crippen LogP contribution in [0.3, 0.4) is 0 Å². The molecule has 0 fully saturated rings. The summed E-state index contributed by atoms with van der Waals surface area (Å²) in [5, 5.41) is 0. The van der Waals surface area contributed by atoms with Crippen LogP contribution in [0.25, 0.3) is 0 Å². The van der Waals surface area contributed by atoms with Gasteiger partial charge in [-0.05, 0) is 36.5 Å². The minimum absolute atomic E-state index is 0.470. The molecule has 19 heavy (non-hydrogen) atoms. The van der Waals surface area contributed by atoms with E-state index in [0.29, 0.717) is 18.1 Å². The van der Waals surface area contributed by atoms with E-state index in [9.17, 15) is 0 Å². The van der Waals surface area contributed by atoms with E-state index in [4.69, 9.17) is 13.7 Å². The molecule has 0 spiro atoms. The molecular weight excluding hydrogens is 336 g/mol. The Bertz CT molecular complexity index is 195. The number of ether oxygens (including phenoxy) is 2. The van der Waals surface area contributed by atoms with Crippen LogP contribution in [0.5, 0.6) is 0 Å². The summed E-state index contributed by atoms with van der Waals surface area (Å²) >= 11 is 1.32. The van der Waals surface area contributed by atoms with E-state index in [1.807, 2.05) is 13.8 Å². The summed E-state index contributed by atoms with van der Waals surface area (Å²) in [7, 11) is 8.68. The van der Waals surface area contributed by atoms with Crippen molar-refractivity contribution in [3.8, 4) is 0 Å². The summed E-state index contributed by atoms with van der Waals surface area (Å²) in [6, 6.07) is 0. The minimum Gasteiger partial charge on any atom is -0.327 e. The van der Waals surface area contributed by atoms with Crippen LogP contribution in [-0.4, -0.2) is 34.3 Å². The fourth-order valence-corrected chi connectivity index (χ4v) is 7.21. The van der Waals surface area contributed by atoms with Gasteiger partial charge in [-0.3, -0.25) is 0 Å². The monoisotopic (exact) mass is 359 g/mol. The lowest BCUT2D eigenvalue weighted by Gasteiger charge is -2.30. The van der Waals surface area contributed by atoms with Crippen LogP contribution in [0.4, 0.5) is 0 Å². The van der Waals surface area contributed by atoms with Gasteiger partial charge in [-0.2, -0.15) is 0 Å². The quantitative estimate of drug-likeness (QED) is 0.150. The van der Waals surface area contributed by atoms with Crippen molar-refractivity contribution in [3.63, 3.8) is 0 Å². The van der Waals surface area contributed by atoms with Gasteiger partial charge in [0, 0.05) is 44.6 Å². The number of rotatable bonds is 13. The van der Waals surface area contributed by atoms with Crippen molar-refractivity contribution in [2.75, 3.05) is 13.2 Å². The molecule has 0 bridgehead atoms.